The molecule has 0 unspecified atom stereocenters. The highest BCUT2D eigenvalue weighted by Gasteiger charge is 2.10. The third-order valence-corrected chi connectivity index (χ3v) is 3.19. The largest absolute Gasteiger partial charge is 0.497 e. The Labute approximate surface area is 115 Å². The van der Waals surface area contributed by atoms with E-state index in [0.29, 0.717) is 11.0 Å². The average molecular weight is 274 g/mol. The van der Waals surface area contributed by atoms with Gasteiger partial charge in [0.25, 0.3) is 0 Å². The minimum atomic E-state index is 0.422. The van der Waals surface area contributed by atoms with Gasteiger partial charge in [-0.25, -0.2) is 4.98 Å². The van der Waals surface area contributed by atoms with E-state index in [9.17, 15) is 0 Å². The summed E-state index contributed by atoms with van der Waals surface area (Å²) >= 11 is 6.04. The molecular weight excluding hydrogens is 262 g/mol. The van der Waals surface area contributed by atoms with Crippen LogP contribution in [-0.4, -0.2) is 16.7 Å². The molecule has 0 saturated heterocycles. The Morgan fingerprint density at radius 1 is 1.21 bits per heavy atom. The summed E-state index contributed by atoms with van der Waals surface area (Å²) in [5.41, 5.74) is 8.57. The molecule has 0 atom stereocenters. The number of rotatable bonds is 2. The molecule has 0 fully saturated rings. The molecule has 1 aromatic heterocycles. The van der Waals surface area contributed by atoms with Crippen molar-refractivity contribution in [3.63, 3.8) is 0 Å². The number of benzene rings is 2. The number of anilines is 1. The van der Waals surface area contributed by atoms with Crippen LogP contribution in [0.5, 0.6) is 5.75 Å². The van der Waals surface area contributed by atoms with Crippen LogP contribution in [0.1, 0.15) is 0 Å². The minimum Gasteiger partial charge on any atom is -0.497 e. The zero-order chi connectivity index (χ0) is 13.4. The maximum atomic E-state index is 6.04. The number of hydrogen-bond donors (Lipinski definition) is 1. The Morgan fingerprint density at radius 2 is 2.05 bits per heavy atom. The molecule has 0 aliphatic heterocycles. The zero-order valence-electron chi connectivity index (χ0n) is 10.3. The molecule has 0 spiro atoms. The molecule has 0 aliphatic carbocycles. The molecule has 3 rings (SSSR count). The number of ether oxygens (including phenoxy) is 1. The van der Waals surface area contributed by atoms with Gasteiger partial charge in [-0.05, 0) is 30.3 Å². The van der Waals surface area contributed by atoms with Crippen molar-refractivity contribution in [2.75, 3.05) is 12.8 Å². The molecule has 0 saturated carbocycles. The van der Waals surface area contributed by atoms with Gasteiger partial charge in [-0.1, -0.05) is 17.7 Å². The lowest BCUT2D eigenvalue weighted by atomic mass is 10.2. The van der Waals surface area contributed by atoms with Crippen molar-refractivity contribution in [2.45, 2.75) is 0 Å². The van der Waals surface area contributed by atoms with E-state index in [-0.39, 0.29) is 0 Å². The molecule has 0 radical (unpaired) electrons. The monoisotopic (exact) mass is 273 g/mol. The Hall–Kier alpha value is -2.20. The topological polar surface area (TPSA) is 53.1 Å². The fourth-order valence-corrected chi connectivity index (χ4v) is 2.25. The van der Waals surface area contributed by atoms with Crippen LogP contribution >= 0.6 is 11.6 Å². The fourth-order valence-electron chi connectivity index (χ4n) is 2.09. The van der Waals surface area contributed by atoms with Crippen molar-refractivity contribution >= 4 is 28.6 Å². The number of nitrogens with two attached hydrogens (primary N) is 1. The van der Waals surface area contributed by atoms with Crippen LogP contribution in [0, 0.1) is 0 Å². The summed E-state index contributed by atoms with van der Waals surface area (Å²) in [5.74, 6) is 1.19. The molecule has 0 amide bonds. The SMILES string of the molecule is COc1cccc(-n2c(N)nc3ccc(Cl)cc32)c1. The van der Waals surface area contributed by atoms with Crippen molar-refractivity contribution in [3.05, 3.63) is 47.5 Å². The maximum absolute atomic E-state index is 6.04. The van der Waals surface area contributed by atoms with Crippen molar-refractivity contribution in [3.8, 4) is 11.4 Å². The van der Waals surface area contributed by atoms with Crippen LogP contribution < -0.4 is 10.5 Å². The molecule has 2 aromatic carbocycles. The van der Waals surface area contributed by atoms with Gasteiger partial charge >= 0.3 is 0 Å². The summed E-state index contributed by atoms with van der Waals surface area (Å²) in [6.07, 6.45) is 0. The predicted molar refractivity (Wildman–Crippen MR) is 77.0 cm³/mol. The summed E-state index contributed by atoms with van der Waals surface area (Å²) in [6, 6.07) is 13.1. The number of halogens is 1. The summed E-state index contributed by atoms with van der Waals surface area (Å²) in [5, 5.41) is 0.650. The third kappa shape index (κ3) is 2.00. The van der Waals surface area contributed by atoms with Crippen LogP contribution in [0.3, 0.4) is 0 Å². The molecule has 5 heteroatoms. The summed E-state index contributed by atoms with van der Waals surface area (Å²) in [7, 11) is 1.63. The van der Waals surface area contributed by atoms with E-state index >= 15 is 0 Å². The number of aromatic nitrogens is 2. The Kier molecular flexibility index (Phi) is 2.80. The van der Waals surface area contributed by atoms with Crippen molar-refractivity contribution in [1.82, 2.24) is 9.55 Å². The Balaban J connectivity index is 2.28. The first-order chi connectivity index (χ1) is 9.19. The molecule has 3 aromatic rings. The molecule has 0 aliphatic rings. The number of hydrogen-bond acceptors (Lipinski definition) is 3. The lowest BCUT2D eigenvalue weighted by Gasteiger charge is -2.08. The number of imidazole rings is 1. The van der Waals surface area contributed by atoms with Gasteiger partial charge in [0, 0.05) is 11.1 Å². The third-order valence-electron chi connectivity index (χ3n) is 2.95. The average Bonchev–Trinajstić information content (AvgIpc) is 2.74. The predicted octanol–water partition coefficient (Wildman–Crippen LogP) is 3.27. The van der Waals surface area contributed by atoms with Crippen LogP contribution in [0.4, 0.5) is 5.95 Å². The smallest absolute Gasteiger partial charge is 0.205 e. The normalized spacial score (nSPS) is 10.8. The van der Waals surface area contributed by atoms with E-state index in [2.05, 4.69) is 4.98 Å². The first-order valence-corrected chi connectivity index (χ1v) is 6.15. The second-order valence-electron chi connectivity index (χ2n) is 4.14. The van der Waals surface area contributed by atoms with Gasteiger partial charge in [-0.3, -0.25) is 4.57 Å². The van der Waals surface area contributed by atoms with Gasteiger partial charge in [0.1, 0.15) is 5.75 Å². The summed E-state index contributed by atoms with van der Waals surface area (Å²) in [4.78, 5) is 4.33. The molecule has 0 bridgehead atoms. The van der Waals surface area contributed by atoms with Crippen molar-refractivity contribution in [2.24, 2.45) is 0 Å². The lowest BCUT2D eigenvalue weighted by Crippen LogP contribution is -2.00. The highest BCUT2D eigenvalue weighted by Crippen LogP contribution is 2.27. The van der Waals surface area contributed by atoms with Crippen molar-refractivity contribution < 1.29 is 4.74 Å². The van der Waals surface area contributed by atoms with Gasteiger partial charge in [-0.2, -0.15) is 0 Å². The number of nitrogen functional groups attached to an aromatic ring is 1. The summed E-state index contributed by atoms with van der Waals surface area (Å²) in [6.45, 7) is 0. The van der Waals surface area contributed by atoms with Crippen LogP contribution in [-0.2, 0) is 0 Å². The molecule has 96 valence electrons. The van der Waals surface area contributed by atoms with E-state index < -0.39 is 0 Å². The van der Waals surface area contributed by atoms with Gasteiger partial charge in [0.05, 0.1) is 23.8 Å². The molecule has 4 nitrogen and oxygen atoms in total. The standard InChI is InChI=1S/C14H12ClN3O/c1-19-11-4-2-3-10(8-11)18-13-7-9(15)5-6-12(13)17-14(18)16/h2-8H,1H3,(H2,16,17). The van der Waals surface area contributed by atoms with Gasteiger partial charge < -0.3 is 10.5 Å². The van der Waals surface area contributed by atoms with Crippen LogP contribution in [0.25, 0.3) is 16.7 Å². The van der Waals surface area contributed by atoms with E-state index in [1.807, 2.05) is 41.0 Å². The number of fused-ring (bicyclic) bond motifs is 1. The molecule has 2 N–H and O–H groups in total. The second kappa shape index (κ2) is 4.48. The molecule has 19 heavy (non-hydrogen) atoms. The number of methoxy groups -OCH3 is 1. The van der Waals surface area contributed by atoms with E-state index in [0.717, 1.165) is 22.5 Å². The fraction of sp³-hybridized carbons (Fsp3) is 0.0714. The Bertz CT molecular complexity index is 752. The maximum Gasteiger partial charge on any atom is 0.205 e. The van der Waals surface area contributed by atoms with E-state index in [4.69, 9.17) is 22.1 Å². The molecular formula is C14H12ClN3O. The molecule has 1 heterocycles. The first-order valence-electron chi connectivity index (χ1n) is 5.77. The van der Waals surface area contributed by atoms with Gasteiger partial charge in [0.15, 0.2) is 0 Å². The first kappa shape index (κ1) is 11.9. The lowest BCUT2D eigenvalue weighted by molar-refractivity contribution is 0.414. The second-order valence-corrected chi connectivity index (χ2v) is 4.58. The highest BCUT2D eigenvalue weighted by atomic mass is 35.5. The van der Waals surface area contributed by atoms with Crippen LogP contribution in [0.15, 0.2) is 42.5 Å². The minimum absolute atomic E-state index is 0.422. The van der Waals surface area contributed by atoms with E-state index in [1.54, 1.807) is 13.2 Å². The zero-order valence-corrected chi connectivity index (χ0v) is 11.1. The van der Waals surface area contributed by atoms with Gasteiger partial charge in [0.2, 0.25) is 5.95 Å². The highest BCUT2D eigenvalue weighted by molar-refractivity contribution is 6.31. The van der Waals surface area contributed by atoms with E-state index in [1.165, 1.54) is 0 Å². The quantitative estimate of drug-likeness (QED) is 0.780. The number of nitrogens with zero attached hydrogens (tertiary/aromatic N) is 2. The van der Waals surface area contributed by atoms with Crippen molar-refractivity contribution in [1.29, 1.82) is 0 Å². The van der Waals surface area contributed by atoms with Crippen LogP contribution in [0.2, 0.25) is 5.02 Å². The summed E-state index contributed by atoms with van der Waals surface area (Å²) < 4.78 is 7.08. The van der Waals surface area contributed by atoms with Gasteiger partial charge in [-0.15, -0.1) is 0 Å². The Morgan fingerprint density at radius 3 is 2.84 bits per heavy atom.